The SMILES string of the molecule is CCOc1ccc(/C=C/C(=O)Nc2ccccc2CC)cc1. The van der Waals surface area contributed by atoms with Crippen LogP contribution in [-0.2, 0) is 11.2 Å². The van der Waals surface area contributed by atoms with Crippen molar-refractivity contribution in [2.24, 2.45) is 0 Å². The molecule has 1 amide bonds. The van der Waals surface area contributed by atoms with Crippen LogP contribution in [0, 0.1) is 0 Å². The highest BCUT2D eigenvalue weighted by Gasteiger charge is 2.02. The molecule has 2 aromatic rings. The van der Waals surface area contributed by atoms with Gasteiger partial charge in [0.2, 0.25) is 5.91 Å². The fourth-order valence-electron chi connectivity index (χ4n) is 2.14. The average Bonchev–Trinajstić information content (AvgIpc) is 2.55. The van der Waals surface area contributed by atoms with E-state index in [4.69, 9.17) is 4.74 Å². The fraction of sp³-hybridized carbons (Fsp3) is 0.211. The minimum atomic E-state index is -0.130. The number of carbonyl (C=O) groups is 1. The lowest BCUT2D eigenvalue weighted by Crippen LogP contribution is -2.09. The van der Waals surface area contributed by atoms with E-state index in [9.17, 15) is 4.79 Å². The van der Waals surface area contributed by atoms with E-state index in [1.807, 2.05) is 55.5 Å². The van der Waals surface area contributed by atoms with Gasteiger partial charge in [-0.3, -0.25) is 4.79 Å². The number of ether oxygens (including phenoxy) is 1. The number of nitrogens with one attached hydrogen (secondary N) is 1. The number of aryl methyl sites for hydroxylation is 1. The molecule has 0 aromatic heterocycles. The van der Waals surface area contributed by atoms with Crippen molar-refractivity contribution in [2.45, 2.75) is 20.3 Å². The zero-order chi connectivity index (χ0) is 15.8. The van der Waals surface area contributed by atoms with E-state index in [0.717, 1.165) is 29.0 Å². The second kappa shape index (κ2) is 8.03. The van der Waals surface area contributed by atoms with E-state index in [0.29, 0.717) is 6.61 Å². The number of hydrogen-bond acceptors (Lipinski definition) is 2. The molecule has 0 aliphatic rings. The van der Waals surface area contributed by atoms with Crippen molar-refractivity contribution >= 4 is 17.7 Å². The summed E-state index contributed by atoms with van der Waals surface area (Å²) >= 11 is 0. The van der Waals surface area contributed by atoms with E-state index in [1.165, 1.54) is 0 Å². The Morgan fingerprint density at radius 1 is 1.09 bits per heavy atom. The van der Waals surface area contributed by atoms with Gasteiger partial charge in [0.25, 0.3) is 0 Å². The van der Waals surface area contributed by atoms with Gasteiger partial charge < -0.3 is 10.1 Å². The Labute approximate surface area is 131 Å². The molecular weight excluding hydrogens is 274 g/mol. The lowest BCUT2D eigenvalue weighted by Gasteiger charge is -2.07. The molecule has 0 bridgehead atoms. The largest absolute Gasteiger partial charge is 0.494 e. The highest BCUT2D eigenvalue weighted by Crippen LogP contribution is 2.16. The van der Waals surface area contributed by atoms with Crippen molar-refractivity contribution in [3.8, 4) is 5.75 Å². The zero-order valence-electron chi connectivity index (χ0n) is 13.0. The first kappa shape index (κ1) is 15.8. The van der Waals surface area contributed by atoms with E-state index < -0.39 is 0 Å². The van der Waals surface area contributed by atoms with Crippen LogP contribution < -0.4 is 10.1 Å². The third-order valence-electron chi connectivity index (χ3n) is 3.27. The number of hydrogen-bond donors (Lipinski definition) is 1. The molecule has 0 saturated heterocycles. The van der Waals surface area contributed by atoms with Crippen molar-refractivity contribution in [2.75, 3.05) is 11.9 Å². The van der Waals surface area contributed by atoms with Gasteiger partial charge in [-0.15, -0.1) is 0 Å². The Hall–Kier alpha value is -2.55. The quantitative estimate of drug-likeness (QED) is 0.807. The van der Waals surface area contributed by atoms with Crippen LogP contribution in [0.3, 0.4) is 0 Å². The molecule has 0 heterocycles. The number of para-hydroxylation sites is 1. The fourth-order valence-corrected chi connectivity index (χ4v) is 2.14. The minimum Gasteiger partial charge on any atom is -0.494 e. The Balaban J connectivity index is 1.99. The monoisotopic (exact) mass is 295 g/mol. The average molecular weight is 295 g/mol. The molecule has 2 aromatic carbocycles. The molecular formula is C19H21NO2. The Bertz CT molecular complexity index is 645. The highest BCUT2D eigenvalue weighted by molar-refractivity contribution is 6.02. The molecule has 0 saturated carbocycles. The summed E-state index contributed by atoms with van der Waals surface area (Å²) in [5.41, 5.74) is 2.96. The van der Waals surface area contributed by atoms with Crippen LogP contribution in [0.5, 0.6) is 5.75 Å². The standard InChI is InChI=1S/C19H21NO2/c1-3-16-7-5-6-8-18(16)20-19(21)14-11-15-9-12-17(13-10-15)22-4-2/h5-14H,3-4H2,1-2H3,(H,20,21)/b14-11+. The first-order valence-electron chi connectivity index (χ1n) is 7.52. The van der Waals surface area contributed by atoms with Gasteiger partial charge in [0.1, 0.15) is 5.75 Å². The van der Waals surface area contributed by atoms with Crippen LogP contribution >= 0.6 is 0 Å². The van der Waals surface area contributed by atoms with Crippen molar-refractivity contribution < 1.29 is 9.53 Å². The van der Waals surface area contributed by atoms with Gasteiger partial charge in [-0.2, -0.15) is 0 Å². The van der Waals surface area contributed by atoms with Crippen molar-refractivity contribution in [3.63, 3.8) is 0 Å². The molecule has 0 aliphatic heterocycles. The van der Waals surface area contributed by atoms with E-state index in [2.05, 4.69) is 12.2 Å². The van der Waals surface area contributed by atoms with Gasteiger partial charge in [-0.05, 0) is 48.7 Å². The lowest BCUT2D eigenvalue weighted by molar-refractivity contribution is -0.111. The first-order chi connectivity index (χ1) is 10.7. The van der Waals surface area contributed by atoms with Gasteiger partial charge in [-0.1, -0.05) is 37.3 Å². The van der Waals surface area contributed by atoms with Crippen LogP contribution in [0.4, 0.5) is 5.69 Å². The zero-order valence-corrected chi connectivity index (χ0v) is 13.0. The molecule has 3 nitrogen and oxygen atoms in total. The van der Waals surface area contributed by atoms with Crippen LogP contribution in [0.25, 0.3) is 6.08 Å². The Kier molecular flexibility index (Phi) is 5.78. The maximum atomic E-state index is 12.0. The van der Waals surface area contributed by atoms with Crippen LogP contribution in [-0.4, -0.2) is 12.5 Å². The van der Waals surface area contributed by atoms with E-state index in [-0.39, 0.29) is 5.91 Å². The van der Waals surface area contributed by atoms with E-state index in [1.54, 1.807) is 12.2 Å². The number of amides is 1. The Morgan fingerprint density at radius 2 is 1.82 bits per heavy atom. The summed E-state index contributed by atoms with van der Waals surface area (Å²) in [6.45, 7) is 4.67. The molecule has 114 valence electrons. The molecule has 0 unspecified atom stereocenters. The third-order valence-corrected chi connectivity index (χ3v) is 3.27. The molecule has 1 N–H and O–H groups in total. The third kappa shape index (κ3) is 4.48. The number of benzene rings is 2. The second-order valence-corrected chi connectivity index (χ2v) is 4.84. The topological polar surface area (TPSA) is 38.3 Å². The predicted molar refractivity (Wildman–Crippen MR) is 91.1 cm³/mol. The molecule has 0 aliphatic carbocycles. The van der Waals surface area contributed by atoms with Crippen LogP contribution in [0.1, 0.15) is 25.0 Å². The summed E-state index contributed by atoms with van der Waals surface area (Å²) in [4.78, 5) is 12.0. The normalized spacial score (nSPS) is 10.6. The number of anilines is 1. The first-order valence-corrected chi connectivity index (χ1v) is 7.52. The van der Waals surface area contributed by atoms with Gasteiger partial charge in [-0.25, -0.2) is 0 Å². The van der Waals surface area contributed by atoms with Gasteiger partial charge >= 0.3 is 0 Å². The molecule has 2 rings (SSSR count). The summed E-state index contributed by atoms with van der Waals surface area (Å²) in [7, 11) is 0. The molecule has 22 heavy (non-hydrogen) atoms. The highest BCUT2D eigenvalue weighted by atomic mass is 16.5. The smallest absolute Gasteiger partial charge is 0.248 e. The summed E-state index contributed by atoms with van der Waals surface area (Å²) in [5.74, 6) is 0.704. The molecule has 0 radical (unpaired) electrons. The van der Waals surface area contributed by atoms with Crippen LogP contribution in [0.2, 0.25) is 0 Å². The molecule has 0 atom stereocenters. The Morgan fingerprint density at radius 3 is 2.50 bits per heavy atom. The maximum absolute atomic E-state index is 12.0. The number of rotatable bonds is 6. The molecule has 0 fully saturated rings. The predicted octanol–water partition coefficient (Wildman–Crippen LogP) is 4.30. The van der Waals surface area contributed by atoms with Crippen molar-refractivity contribution in [3.05, 3.63) is 65.7 Å². The second-order valence-electron chi connectivity index (χ2n) is 4.84. The minimum absolute atomic E-state index is 0.130. The van der Waals surface area contributed by atoms with E-state index >= 15 is 0 Å². The van der Waals surface area contributed by atoms with Crippen molar-refractivity contribution in [1.82, 2.24) is 0 Å². The summed E-state index contributed by atoms with van der Waals surface area (Å²) in [5, 5.41) is 2.91. The van der Waals surface area contributed by atoms with Gasteiger partial charge in [0, 0.05) is 11.8 Å². The maximum Gasteiger partial charge on any atom is 0.248 e. The van der Waals surface area contributed by atoms with Crippen molar-refractivity contribution in [1.29, 1.82) is 0 Å². The van der Waals surface area contributed by atoms with Gasteiger partial charge in [0.15, 0.2) is 0 Å². The summed E-state index contributed by atoms with van der Waals surface area (Å²) in [6.07, 6.45) is 4.22. The molecule has 3 heteroatoms. The number of carbonyl (C=O) groups excluding carboxylic acids is 1. The van der Waals surface area contributed by atoms with Gasteiger partial charge in [0.05, 0.1) is 6.61 Å². The van der Waals surface area contributed by atoms with Crippen LogP contribution in [0.15, 0.2) is 54.6 Å². The lowest BCUT2D eigenvalue weighted by atomic mass is 10.1. The molecule has 0 spiro atoms. The summed E-state index contributed by atoms with van der Waals surface area (Å²) in [6, 6.07) is 15.5. The summed E-state index contributed by atoms with van der Waals surface area (Å²) < 4.78 is 5.39.